The first-order valence-corrected chi connectivity index (χ1v) is 11.7. The van der Waals surface area contributed by atoms with Gasteiger partial charge in [0, 0.05) is 35.7 Å². The Balaban J connectivity index is 1.52. The number of likely N-dealkylation sites (tertiary alicyclic amines) is 1. The monoisotopic (exact) mass is 571 g/mol. The van der Waals surface area contributed by atoms with Crippen molar-refractivity contribution in [2.24, 2.45) is 5.41 Å². The summed E-state index contributed by atoms with van der Waals surface area (Å²) in [6.07, 6.45) is -7.69. The Hall–Kier alpha value is -3.29. The van der Waals surface area contributed by atoms with Gasteiger partial charge in [-0.15, -0.1) is 0 Å². The Morgan fingerprint density at radius 3 is 2.42 bits per heavy atom. The van der Waals surface area contributed by atoms with E-state index in [2.05, 4.69) is 25.9 Å². The molecular weight excluding hydrogens is 551 g/mol. The molecule has 2 aliphatic rings. The molecule has 0 radical (unpaired) electrons. The van der Waals surface area contributed by atoms with Crippen molar-refractivity contribution in [1.82, 2.24) is 14.9 Å². The Bertz CT molecular complexity index is 1140. The number of alkyl halides is 3. The van der Waals surface area contributed by atoms with Crippen molar-refractivity contribution in [3.05, 3.63) is 40.4 Å². The molecule has 1 amide bonds. The molecule has 0 bridgehead atoms. The third-order valence-corrected chi connectivity index (χ3v) is 7.32. The van der Waals surface area contributed by atoms with Crippen molar-refractivity contribution in [1.29, 1.82) is 0 Å². The van der Waals surface area contributed by atoms with Crippen LogP contribution in [-0.4, -0.2) is 58.8 Å². The Kier molecular flexibility index (Phi) is 6.90. The maximum Gasteiger partial charge on any atom is 0.429 e. The number of nitrogen functional groups attached to an aromatic ring is 1. The second-order valence-corrected chi connectivity index (χ2v) is 9.76. The average Bonchev–Trinajstić information content (AvgIpc) is 3.17. The maximum atomic E-state index is 13.8. The molecule has 36 heavy (non-hydrogen) atoms. The number of aromatic nitrogens is 2. The molecule has 2 atom stereocenters. The quantitative estimate of drug-likeness (QED) is 0.559. The SMILES string of the molecule is Nc1nc(O[C@H](c2ccccc2Br)C(F)(F)F)cc(N2CCC3(CC2)CC(C(=O)[O-])N(C(=O)[O-])C3)n1. The predicted molar refractivity (Wildman–Crippen MR) is 119 cm³/mol. The van der Waals surface area contributed by atoms with Crippen molar-refractivity contribution in [2.45, 2.75) is 37.6 Å². The third kappa shape index (κ3) is 5.27. The molecule has 14 heteroatoms. The van der Waals surface area contributed by atoms with Crippen LogP contribution in [0, 0.1) is 5.41 Å². The minimum absolute atomic E-state index is 0.00130. The van der Waals surface area contributed by atoms with Gasteiger partial charge in [-0.2, -0.15) is 23.1 Å². The van der Waals surface area contributed by atoms with E-state index in [1.165, 1.54) is 24.3 Å². The molecule has 3 heterocycles. The second kappa shape index (κ2) is 9.64. The van der Waals surface area contributed by atoms with Crippen molar-refractivity contribution in [2.75, 3.05) is 30.3 Å². The number of hydrogen-bond acceptors (Lipinski definition) is 9. The normalized spacial score (nSPS) is 20.4. The second-order valence-electron chi connectivity index (χ2n) is 8.90. The largest absolute Gasteiger partial charge is 0.548 e. The minimum Gasteiger partial charge on any atom is -0.548 e. The van der Waals surface area contributed by atoms with Crippen LogP contribution in [0.2, 0.25) is 0 Å². The van der Waals surface area contributed by atoms with Gasteiger partial charge in [0.25, 0.3) is 0 Å². The lowest BCUT2D eigenvalue weighted by molar-refractivity contribution is -0.314. The van der Waals surface area contributed by atoms with Crippen LogP contribution >= 0.6 is 15.9 Å². The number of nitrogens with two attached hydrogens (primary N) is 1. The van der Waals surface area contributed by atoms with Gasteiger partial charge in [-0.3, -0.25) is 0 Å². The fourth-order valence-electron chi connectivity index (χ4n) is 4.80. The molecule has 2 N–H and O–H groups in total. The molecule has 1 unspecified atom stereocenters. The molecular formula is C22H21BrF3N5O5-2. The molecule has 0 aliphatic carbocycles. The highest BCUT2D eigenvalue weighted by Crippen LogP contribution is 2.44. The third-order valence-electron chi connectivity index (χ3n) is 6.59. The number of ether oxygens (including phenoxy) is 1. The molecule has 1 aromatic heterocycles. The van der Waals surface area contributed by atoms with E-state index < -0.39 is 35.8 Å². The van der Waals surface area contributed by atoms with E-state index in [1.807, 2.05) is 0 Å². The first-order chi connectivity index (χ1) is 16.9. The molecule has 0 saturated carbocycles. The van der Waals surface area contributed by atoms with Crippen molar-refractivity contribution in [3.8, 4) is 5.88 Å². The molecule has 1 spiro atoms. The zero-order valence-corrected chi connectivity index (χ0v) is 20.3. The van der Waals surface area contributed by atoms with E-state index in [9.17, 15) is 33.0 Å². The average molecular weight is 572 g/mol. The number of carboxylic acids is 1. The number of carbonyl (C=O) groups excluding carboxylic acids is 2. The Morgan fingerprint density at radius 1 is 1.19 bits per heavy atom. The lowest BCUT2D eigenvalue weighted by Crippen LogP contribution is -2.51. The molecule has 2 saturated heterocycles. The van der Waals surface area contributed by atoms with Gasteiger partial charge >= 0.3 is 6.18 Å². The van der Waals surface area contributed by atoms with Crippen LogP contribution in [0.1, 0.15) is 30.9 Å². The lowest BCUT2D eigenvalue weighted by atomic mass is 9.76. The first kappa shape index (κ1) is 25.8. The maximum absolute atomic E-state index is 13.8. The van der Waals surface area contributed by atoms with Gasteiger partial charge in [-0.25, -0.2) is 0 Å². The van der Waals surface area contributed by atoms with Crippen LogP contribution in [0.3, 0.4) is 0 Å². The Labute approximate surface area is 212 Å². The van der Waals surface area contributed by atoms with Crippen LogP contribution in [0.4, 0.5) is 29.7 Å². The fourth-order valence-corrected chi connectivity index (χ4v) is 5.29. The van der Waals surface area contributed by atoms with E-state index in [4.69, 9.17) is 10.5 Å². The number of hydrogen-bond donors (Lipinski definition) is 1. The summed E-state index contributed by atoms with van der Waals surface area (Å²) in [6, 6.07) is 5.77. The highest BCUT2D eigenvalue weighted by molar-refractivity contribution is 9.10. The van der Waals surface area contributed by atoms with E-state index >= 15 is 0 Å². The molecule has 10 nitrogen and oxygen atoms in total. The van der Waals surface area contributed by atoms with Gasteiger partial charge in [-0.05, 0) is 30.7 Å². The van der Waals surface area contributed by atoms with Gasteiger partial charge in [0.2, 0.25) is 17.9 Å². The van der Waals surface area contributed by atoms with Crippen molar-refractivity contribution >= 4 is 39.8 Å². The van der Waals surface area contributed by atoms with Crippen LogP contribution in [0.25, 0.3) is 0 Å². The standard InChI is InChI=1S/C22H23BrF3N5O5/c23-13-4-2-1-3-12(13)17(22(24,25)26)36-16-9-15(28-19(27)29-16)30-7-5-21(6-8-30)10-14(18(32)33)31(11-21)20(34)35/h1-4,9,14,17H,5-8,10-11H2,(H,32,33)(H,34,35)(H2,27,28,29)/p-2/t14?,17-/m1/s1. The number of anilines is 2. The number of aliphatic carboxylic acids is 1. The molecule has 2 aromatic rings. The number of benzene rings is 1. The van der Waals surface area contributed by atoms with E-state index in [1.54, 1.807) is 11.0 Å². The number of carbonyl (C=O) groups is 2. The molecule has 1 aromatic carbocycles. The van der Waals surface area contributed by atoms with E-state index in [0.717, 1.165) is 4.90 Å². The lowest BCUT2D eigenvalue weighted by Gasteiger charge is -2.40. The van der Waals surface area contributed by atoms with Crippen LogP contribution in [-0.2, 0) is 4.79 Å². The number of amides is 1. The minimum atomic E-state index is -4.75. The van der Waals surface area contributed by atoms with E-state index in [0.29, 0.717) is 25.9 Å². The molecule has 4 rings (SSSR count). The topological polar surface area (TPSA) is 148 Å². The summed E-state index contributed by atoms with van der Waals surface area (Å²) >= 11 is 3.12. The van der Waals surface area contributed by atoms with E-state index in [-0.39, 0.29) is 40.6 Å². The highest BCUT2D eigenvalue weighted by Gasteiger charge is 2.47. The zero-order valence-electron chi connectivity index (χ0n) is 18.7. The molecule has 2 fully saturated rings. The number of rotatable bonds is 5. The van der Waals surface area contributed by atoms with Gasteiger partial charge in [0.15, 0.2) is 0 Å². The number of carboxylic acid groups (broad SMARTS) is 2. The van der Waals surface area contributed by atoms with Gasteiger partial charge in [-0.1, -0.05) is 34.1 Å². The van der Waals surface area contributed by atoms with Gasteiger partial charge in [0.1, 0.15) is 11.9 Å². The smallest absolute Gasteiger partial charge is 0.429 e. The number of piperidine rings is 1. The summed E-state index contributed by atoms with van der Waals surface area (Å²) in [5.74, 6) is -1.88. The first-order valence-electron chi connectivity index (χ1n) is 10.9. The molecule has 2 aliphatic heterocycles. The van der Waals surface area contributed by atoms with Crippen molar-refractivity contribution in [3.63, 3.8) is 0 Å². The van der Waals surface area contributed by atoms with Crippen LogP contribution < -0.4 is 25.6 Å². The Morgan fingerprint density at radius 2 is 1.86 bits per heavy atom. The van der Waals surface area contributed by atoms with Crippen LogP contribution in [0.5, 0.6) is 5.88 Å². The fraction of sp³-hybridized carbons (Fsp3) is 0.455. The summed E-state index contributed by atoms with van der Waals surface area (Å²) < 4.78 is 47.0. The summed E-state index contributed by atoms with van der Waals surface area (Å²) in [4.78, 5) is 33.2. The zero-order chi connectivity index (χ0) is 26.3. The highest BCUT2D eigenvalue weighted by atomic mass is 79.9. The summed E-state index contributed by atoms with van der Waals surface area (Å²) in [5.41, 5.74) is 5.05. The van der Waals surface area contributed by atoms with Crippen LogP contribution in [0.15, 0.2) is 34.8 Å². The summed E-state index contributed by atoms with van der Waals surface area (Å²) in [7, 11) is 0. The van der Waals surface area contributed by atoms with Crippen molar-refractivity contribution < 1.29 is 37.7 Å². The predicted octanol–water partition coefficient (Wildman–Crippen LogP) is 1.26. The summed E-state index contributed by atoms with van der Waals surface area (Å²) in [5, 5.41) is 22.8. The summed E-state index contributed by atoms with van der Waals surface area (Å²) in [6.45, 7) is 0.675. The number of halogens is 4. The van der Waals surface area contributed by atoms with Gasteiger partial charge in [0.05, 0.1) is 12.0 Å². The number of nitrogens with zero attached hydrogens (tertiary/aromatic N) is 4. The van der Waals surface area contributed by atoms with Gasteiger partial charge < -0.3 is 40.1 Å². The molecule has 194 valence electrons.